The van der Waals surface area contributed by atoms with Gasteiger partial charge in [-0.05, 0) is 12.0 Å². The second-order valence-corrected chi connectivity index (χ2v) is 4.06. The van der Waals surface area contributed by atoms with E-state index in [4.69, 9.17) is 4.74 Å². The standard InChI is InChI=1S/C13H15NO4/c1-17-12(15)11-7-8-14(11)13(16)18-9-10-5-3-2-4-6-10/h2-6,11H,7-9H2,1H3/t11-/m0/s1. The maximum atomic E-state index is 11.7. The first kappa shape index (κ1) is 12.4. The van der Waals surface area contributed by atoms with Crippen LogP contribution in [0.4, 0.5) is 4.79 Å². The Kier molecular flexibility index (Phi) is 3.82. The number of hydrogen-bond acceptors (Lipinski definition) is 4. The number of nitrogens with zero attached hydrogens (tertiary/aromatic N) is 1. The van der Waals surface area contributed by atoms with E-state index >= 15 is 0 Å². The molecule has 0 saturated carbocycles. The molecule has 1 saturated heterocycles. The first-order chi connectivity index (χ1) is 8.72. The second-order valence-electron chi connectivity index (χ2n) is 4.06. The van der Waals surface area contributed by atoms with E-state index in [1.165, 1.54) is 12.0 Å². The number of likely N-dealkylation sites (tertiary alicyclic amines) is 1. The molecule has 0 aliphatic carbocycles. The van der Waals surface area contributed by atoms with Gasteiger partial charge < -0.3 is 9.47 Å². The second kappa shape index (κ2) is 5.53. The van der Waals surface area contributed by atoms with Crippen molar-refractivity contribution in [1.82, 2.24) is 4.90 Å². The molecule has 18 heavy (non-hydrogen) atoms. The average Bonchev–Trinajstić information content (AvgIpc) is 2.36. The summed E-state index contributed by atoms with van der Waals surface area (Å²) < 4.78 is 9.75. The molecule has 5 heteroatoms. The number of amides is 1. The molecule has 0 N–H and O–H groups in total. The summed E-state index contributed by atoms with van der Waals surface area (Å²) in [5.74, 6) is -0.391. The van der Waals surface area contributed by atoms with Gasteiger partial charge in [0.2, 0.25) is 0 Å². The van der Waals surface area contributed by atoms with Crippen LogP contribution < -0.4 is 0 Å². The lowest BCUT2D eigenvalue weighted by Crippen LogP contribution is -2.55. The minimum atomic E-state index is -0.488. The van der Waals surface area contributed by atoms with E-state index in [-0.39, 0.29) is 6.61 Å². The Labute approximate surface area is 105 Å². The van der Waals surface area contributed by atoms with Gasteiger partial charge in [-0.2, -0.15) is 0 Å². The Hall–Kier alpha value is -2.04. The lowest BCUT2D eigenvalue weighted by molar-refractivity contribution is -0.150. The Morgan fingerprint density at radius 3 is 2.61 bits per heavy atom. The fraction of sp³-hybridized carbons (Fsp3) is 0.385. The van der Waals surface area contributed by atoms with Gasteiger partial charge in [-0.3, -0.25) is 4.90 Å². The molecule has 1 amide bonds. The number of carbonyl (C=O) groups is 2. The molecule has 1 atom stereocenters. The Balaban J connectivity index is 1.84. The molecular formula is C13H15NO4. The van der Waals surface area contributed by atoms with Gasteiger partial charge in [-0.1, -0.05) is 30.3 Å². The molecule has 0 spiro atoms. The van der Waals surface area contributed by atoms with Crippen LogP contribution in [0.2, 0.25) is 0 Å². The molecular weight excluding hydrogens is 234 g/mol. The van der Waals surface area contributed by atoms with Crippen LogP contribution in [0.25, 0.3) is 0 Å². The van der Waals surface area contributed by atoms with Crippen LogP contribution in [0, 0.1) is 0 Å². The van der Waals surface area contributed by atoms with Crippen molar-refractivity contribution in [2.75, 3.05) is 13.7 Å². The molecule has 1 aliphatic heterocycles. The molecule has 1 heterocycles. The summed E-state index contributed by atoms with van der Waals surface area (Å²) in [5.41, 5.74) is 0.918. The van der Waals surface area contributed by atoms with Crippen LogP contribution in [0.15, 0.2) is 30.3 Å². The van der Waals surface area contributed by atoms with Gasteiger partial charge >= 0.3 is 12.1 Å². The van der Waals surface area contributed by atoms with Crippen molar-refractivity contribution >= 4 is 12.1 Å². The zero-order valence-electron chi connectivity index (χ0n) is 10.2. The normalized spacial score (nSPS) is 17.8. The molecule has 0 aromatic heterocycles. The van der Waals surface area contributed by atoms with E-state index in [1.807, 2.05) is 30.3 Å². The largest absolute Gasteiger partial charge is 0.467 e. The van der Waals surface area contributed by atoms with Gasteiger partial charge in [-0.25, -0.2) is 9.59 Å². The smallest absolute Gasteiger partial charge is 0.410 e. The SMILES string of the molecule is COC(=O)[C@@H]1CCN1C(=O)OCc1ccccc1. The van der Waals surface area contributed by atoms with Gasteiger partial charge in [0.15, 0.2) is 0 Å². The van der Waals surface area contributed by atoms with Gasteiger partial charge in [0.1, 0.15) is 12.6 Å². The topological polar surface area (TPSA) is 55.8 Å². The molecule has 1 fully saturated rings. The fourth-order valence-electron chi connectivity index (χ4n) is 1.79. The molecule has 0 unspecified atom stereocenters. The quantitative estimate of drug-likeness (QED) is 0.763. The van der Waals surface area contributed by atoms with Crippen molar-refractivity contribution in [3.05, 3.63) is 35.9 Å². The molecule has 1 aliphatic rings. The first-order valence-corrected chi connectivity index (χ1v) is 5.77. The Morgan fingerprint density at radius 1 is 1.33 bits per heavy atom. The molecule has 2 rings (SSSR count). The lowest BCUT2D eigenvalue weighted by atomic mass is 10.1. The molecule has 0 bridgehead atoms. The minimum absolute atomic E-state index is 0.212. The first-order valence-electron chi connectivity index (χ1n) is 5.77. The maximum absolute atomic E-state index is 11.7. The van der Waals surface area contributed by atoms with Crippen molar-refractivity contribution in [3.8, 4) is 0 Å². The van der Waals surface area contributed by atoms with E-state index < -0.39 is 18.1 Å². The summed E-state index contributed by atoms with van der Waals surface area (Å²) in [4.78, 5) is 24.4. The zero-order valence-corrected chi connectivity index (χ0v) is 10.2. The van der Waals surface area contributed by atoms with E-state index in [0.29, 0.717) is 13.0 Å². The number of benzene rings is 1. The van der Waals surface area contributed by atoms with E-state index in [1.54, 1.807) is 0 Å². The summed E-state index contributed by atoms with van der Waals surface area (Å²) in [7, 11) is 1.31. The van der Waals surface area contributed by atoms with Crippen molar-refractivity contribution < 1.29 is 19.1 Å². The van der Waals surface area contributed by atoms with Crippen molar-refractivity contribution in [1.29, 1.82) is 0 Å². The van der Waals surface area contributed by atoms with Crippen molar-refractivity contribution in [2.24, 2.45) is 0 Å². The third-order valence-corrected chi connectivity index (χ3v) is 2.93. The lowest BCUT2D eigenvalue weighted by Gasteiger charge is -2.37. The molecule has 96 valence electrons. The Bertz CT molecular complexity index is 432. The summed E-state index contributed by atoms with van der Waals surface area (Å²) in [6.07, 6.45) is 0.160. The van der Waals surface area contributed by atoms with Crippen LogP contribution in [0.3, 0.4) is 0 Å². The highest BCUT2D eigenvalue weighted by Gasteiger charge is 2.39. The van der Waals surface area contributed by atoms with E-state index in [0.717, 1.165) is 5.56 Å². The van der Waals surface area contributed by atoms with Crippen molar-refractivity contribution in [3.63, 3.8) is 0 Å². The number of esters is 1. The predicted octanol–water partition coefficient (Wildman–Crippen LogP) is 1.57. The molecule has 5 nitrogen and oxygen atoms in total. The van der Waals surface area contributed by atoms with E-state index in [9.17, 15) is 9.59 Å². The van der Waals surface area contributed by atoms with Crippen LogP contribution in [0.1, 0.15) is 12.0 Å². The van der Waals surface area contributed by atoms with Gasteiger partial charge in [0.05, 0.1) is 7.11 Å². The molecule has 1 aromatic rings. The third kappa shape index (κ3) is 2.61. The van der Waals surface area contributed by atoms with Gasteiger partial charge in [-0.15, -0.1) is 0 Å². The number of rotatable bonds is 3. The van der Waals surface area contributed by atoms with Crippen LogP contribution in [0.5, 0.6) is 0 Å². The van der Waals surface area contributed by atoms with Crippen molar-refractivity contribution in [2.45, 2.75) is 19.1 Å². The number of ether oxygens (including phenoxy) is 2. The van der Waals surface area contributed by atoms with Crippen LogP contribution in [-0.2, 0) is 20.9 Å². The zero-order chi connectivity index (χ0) is 13.0. The number of carbonyl (C=O) groups excluding carboxylic acids is 2. The monoisotopic (exact) mass is 249 g/mol. The van der Waals surface area contributed by atoms with E-state index in [2.05, 4.69) is 4.74 Å². The number of methoxy groups -OCH3 is 1. The van der Waals surface area contributed by atoms with Crippen LogP contribution in [-0.4, -0.2) is 36.7 Å². The maximum Gasteiger partial charge on any atom is 0.410 e. The summed E-state index contributed by atoms with van der Waals surface area (Å²) >= 11 is 0. The van der Waals surface area contributed by atoms with Gasteiger partial charge in [0.25, 0.3) is 0 Å². The summed E-state index contributed by atoms with van der Waals surface area (Å²) in [6.45, 7) is 0.747. The summed E-state index contributed by atoms with van der Waals surface area (Å²) in [6, 6.07) is 8.92. The third-order valence-electron chi connectivity index (χ3n) is 2.93. The van der Waals surface area contributed by atoms with Crippen LogP contribution >= 0.6 is 0 Å². The highest BCUT2D eigenvalue weighted by Crippen LogP contribution is 2.20. The van der Waals surface area contributed by atoms with Gasteiger partial charge in [0, 0.05) is 6.54 Å². The highest BCUT2D eigenvalue weighted by molar-refractivity contribution is 5.83. The summed E-state index contributed by atoms with van der Waals surface area (Å²) in [5, 5.41) is 0. The highest BCUT2D eigenvalue weighted by atomic mass is 16.6. The molecule has 1 aromatic carbocycles. The molecule has 0 radical (unpaired) electrons. The minimum Gasteiger partial charge on any atom is -0.467 e. The number of hydrogen-bond donors (Lipinski definition) is 0. The average molecular weight is 249 g/mol. The predicted molar refractivity (Wildman–Crippen MR) is 63.8 cm³/mol. The fourth-order valence-corrected chi connectivity index (χ4v) is 1.79. The Morgan fingerprint density at radius 2 is 2.06 bits per heavy atom.